The molecule has 29 heavy (non-hydrogen) atoms. The second kappa shape index (κ2) is 9.01. The Bertz CT molecular complexity index is 957. The summed E-state index contributed by atoms with van der Waals surface area (Å²) in [6.45, 7) is 1.41. The van der Waals surface area contributed by atoms with Crippen molar-refractivity contribution in [3.05, 3.63) is 78.4 Å². The van der Waals surface area contributed by atoms with Gasteiger partial charge in [-0.3, -0.25) is 4.79 Å². The number of nitrogens with one attached hydrogen (secondary N) is 1. The fraction of sp³-hybridized carbons (Fsp3) is 0.174. The predicted octanol–water partition coefficient (Wildman–Crippen LogP) is 3.95. The number of hydrogen-bond donors (Lipinski definition) is 1. The van der Waals surface area contributed by atoms with Crippen molar-refractivity contribution in [2.24, 2.45) is 0 Å². The summed E-state index contributed by atoms with van der Waals surface area (Å²) in [7, 11) is 0. The molecule has 0 saturated heterocycles. The number of carbonyl (C=O) groups excluding carboxylic acids is 1. The molecule has 0 unspecified atom stereocenters. The molecular weight excluding hydrogens is 370 g/mol. The first-order valence-electron chi connectivity index (χ1n) is 9.37. The molecule has 6 nitrogen and oxygen atoms in total. The Morgan fingerprint density at radius 3 is 2.31 bits per heavy atom. The molecule has 3 aromatic rings. The molecule has 0 saturated carbocycles. The number of ether oxygens (including phenoxy) is 4. The summed E-state index contributed by atoms with van der Waals surface area (Å²) in [6, 6.07) is 22.3. The minimum absolute atomic E-state index is 0.0660. The van der Waals surface area contributed by atoms with Crippen LogP contribution in [0, 0.1) is 0 Å². The quantitative estimate of drug-likeness (QED) is 0.661. The minimum atomic E-state index is -0.204. The van der Waals surface area contributed by atoms with E-state index in [4.69, 9.17) is 18.9 Å². The van der Waals surface area contributed by atoms with Crippen LogP contribution in [-0.4, -0.2) is 25.7 Å². The minimum Gasteiger partial charge on any atom is -0.486 e. The molecule has 1 heterocycles. The molecule has 0 radical (unpaired) electrons. The summed E-state index contributed by atoms with van der Waals surface area (Å²) in [5, 5.41) is 2.84. The van der Waals surface area contributed by atoms with Gasteiger partial charge in [-0.05, 0) is 54.1 Å². The summed E-state index contributed by atoms with van der Waals surface area (Å²) in [6.07, 6.45) is 0. The number of amides is 1. The summed E-state index contributed by atoms with van der Waals surface area (Å²) in [5.41, 5.74) is 0.935. The zero-order valence-corrected chi connectivity index (χ0v) is 15.8. The van der Waals surface area contributed by atoms with E-state index in [-0.39, 0.29) is 12.5 Å². The third-order valence-corrected chi connectivity index (χ3v) is 4.27. The Labute approximate surface area is 169 Å². The van der Waals surface area contributed by atoms with Crippen LogP contribution in [0.5, 0.6) is 28.7 Å². The number of hydrogen-bond acceptors (Lipinski definition) is 5. The van der Waals surface area contributed by atoms with Gasteiger partial charge in [-0.1, -0.05) is 24.3 Å². The number of carbonyl (C=O) groups is 1. The van der Waals surface area contributed by atoms with E-state index >= 15 is 0 Å². The van der Waals surface area contributed by atoms with Crippen molar-refractivity contribution in [3.8, 4) is 28.7 Å². The monoisotopic (exact) mass is 391 g/mol. The van der Waals surface area contributed by atoms with Gasteiger partial charge in [-0.2, -0.15) is 0 Å². The topological polar surface area (TPSA) is 66.0 Å². The smallest absolute Gasteiger partial charge is 0.258 e. The molecular formula is C23H21NO5. The van der Waals surface area contributed by atoms with Gasteiger partial charge in [-0.15, -0.1) is 0 Å². The van der Waals surface area contributed by atoms with Gasteiger partial charge in [0.2, 0.25) is 0 Å². The van der Waals surface area contributed by atoms with Gasteiger partial charge in [0, 0.05) is 6.54 Å². The molecule has 3 aromatic carbocycles. The molecule has 148 valence electrons. The van der Waals surface area contributed by atoms with E-state index in [9.17, 15) is 4.79 Å². The van der Waals surface area contributed by atoms with Gasteiger partial charge in [0.05, 0.1) is 0 Å². The molecule has 1 amide bonds. The molecule has 0 atom stereocenters. The molecule has 0 spiro atoms. The van der Waals surface area contributed by atoms with Gasteiger partial charge in [0.15, 0.2) is 18.1 Å². The zero-order chi connectivity index (χ0) is 19.9. The van der Waals surface area contributed by atoms with E-state index < -0.39 is 0 Å². The number of para-hydroxylation sites is 1. The highest BCUT2D eigenvalue weighted by atomic mass is 16.6. The molecule has 0 aromatic heterocycles. The summed E-state index contributed by atoms with van der Waals surface area (Å²) < 4.78 is 22.3. The van der Waals surface area contributed by atoms with Crippen LogP contribution in [-0.2, 0) is 11.3 Å². The Morgan fingerprint density at radius 2 is 1.52 bits per heavy atom. The van der Waals surface area contributed by atoms with Crippen molar-refractivity contribution in [3.63, 3.8) is 0 Å². The standard InChI is InChI=1S/C23H21NO5/c25-23(24-15-17-6-11-21-22(14-17)27-13-12-26-21)16-28-18-7-9-20(10-8-18)29-19-4-2-1-3-5-19/h1-11,14H,12-13,15-16H2,(H,24,25). The average Bonchev–Trinajstić information content (AvgIpc) is 2.78. The van der Waals surface area contributed by atoms with Gasteiger partial charge in [0.1, 0.15) is 30.5 Å². The highest BCUT2D eigenvalue weighted by Gasteiger charge is 2.12. The Morgan fingerprint density at radius 1 is 0.828 bits per heavy atom. The van der Waals surface area contributed by atoms with Crippen LogP contribution in [0.25, 0.3) is 0 Å². The SMILES string of the molecule is O=C(COc1ccc(Oc2ccccc2)cc1)NCc1ccc2c(c1)OCCO2. The third kappa shape index (κ3) is 5.19. The van der Waals surface area contributed by atoms with Crippen molar-refractivity contribution in [1.82, 2.24) is 5.32 Å². The lowest BCUT2D eigenvalue weighted by Gasteiger charge is -2.19. The Balaban J connectivity index is 1.23. The molecule has 0 aliphatic carbocycles. The van der Waals surface area contributed by atoms with Crippen molar-refractivity contribution in [2.45, 2.75) is 6.54 Å². The lowest BCUT2D eigenvalue weighted by molar-refractivity contribution is -0.123. The lowest BCUT2D eigenvalue weighted by Crippen LogP contribution is -2.28. The molecule has 1 aliphatic heterocycles. The van der Waals surface area contributed by atoms with Crippen molar-refractivity contribution in [1.29, 1.82) is 0 Å². The first kappa shape index (κ1) is 18.7. The van der Waals surface area contributed by atoms with Crippen LogP contribution < -0.4 is 24.3 Å². The third-order valence-electron chi connectivity index (χ3n) is 4.27. The average molecular weight is 391 g/mol. The molecule has 1 aliphatic rings. The Kier molecular flexibility index (Phi) is 5.81. The lowest BCUT2D eigenvalue weighted by atomic mass is 10.2. The predicted molar refractivity (Wildman–Crippen MR) is 108 cm³/mol. The summed E-state index contributed by atoms with van der Waals surface area (Å²) >= 11 is 0. The van der Waals surface area contributed by atoms with Crippen LogP contribution in [0.4, 0.5) is 0 Å². The molecule has 0 fully saturated rings. The largest absolute Gasteiger partial charge is 0.486 e. The van der Waals surface area contributed by atoms with E-state index in [0.717, 1.165) is 17.1 Å². The van der Waals surface area contributed by atoms with E-state index in [1.54, 1.807) is 24.3 Å². The van der Waals surface area contributed by atoms with E-state index in [0.29, 0.717) is 37.0 Å². The summed E-state index contributed by atoms with van der Waals surface area (Å²) in [4.78, 5) is 12.1. The van der Waals surface area contributed by atoms with Crippen LogP contribution in [0.3, 0.4) is 0 Å². The highest BCUT2D eigenvalue weighted by molar-refractivity contribution is 5.77. The van der Waals surface area contributed by atoms with Gasteiger partial charge in [0.25, 0.3) is 5.91 Å². The maximum atomic E-state index is 12.1. The fourth-order valence-electron chi connectivity index (χ4n) is 2.83. The second-order valence-corrected chi connectivity index (χ2v) is 6.43. The number of rotatable bonds is 7. The molecule has 4 rings (SSSR count). The van der Waals surface area contributed by atoms with Crippen molar-refractivity contribution >= 4 is 5.91 Å². The number of fused-ring (bicyclic) bond motifs is 1. The van der Waals surface area contributed by atoms with Gasteiger partial charge < -0.3 is 24.3 Å². The zero-order valence-electron chi connectivity index (χ0n) is 15.8. The van der Waals surface area contributed by atoms with Crippen molar-refractivity contribution in [2.75, 3.05) is 19.8 Å². The molecule has 0 bridgehead atoms. The van der Waals surface area contributed by atoms with Crippen LogP contribution >= 0.6 is 0 Å². The summed E-state index contributed by atoms with van der Waals surface area (Å²) in [5.74, 6) is 3.29. The van der Waals surface area contributed by atoms with E-state index in [1.807, 2.05) is 48.5 Å². The normalized spacial score (nSPS) is 12.1. The van der Waals surface area contributed by atoms with Gasteiger partial charge >= 0.3 is 0 Å². The Hall–Kier alpha value is -3.67. The fourth-order valence-corrected chi connectivity index (χ4v) is 2.83. The van der Waals surface area contributed by atoms with Crippen LogP contribution in [0.2, 0.25) is 0 Å². The van der Waals surface area contributed by atoms with Gasteiger partial charge in [-0.25, -0.2) is 0 Å². The molecule has 1 N–H and O–H groups in total. The maximum absolute atomic E-state index is 12.1. The second-order valence-electron chi connectivity index (χ2n) is 6.43. The van der Waals surface area contributed by atoms with Crippen molar-refractivity contribution < 1.29 is 23.7 Å². The first-order valence-corrected chi connectivity index (χ1v) is 9.37. The highest BCUT2D eigenvalue weighted by Crippen LogP contribution is 2.30. The van der Waals surface area contributed by atoms with Crippen LogP contribution in [0.15, 0.2) is 72.8 Å². The maximum Gasteiger partial charge on any atom is 0.258 e. The number of benzene rings is 3. The van der Waals surface area contributed by atoms with Crippen LogP contribution in [0.1, 0.15) is 5.56 Å². The first-order chi connectivity index (χ1) is 14.3. The van der Waals surface area contributed by atoms with E-state index in [1.165, 1.54) is 0 Å². The van der Waals surface area contributed by atoms with E-state index in [2.05, 4.69) is 5.32 Å². The molecule has 6 heteroatoms.